The van der Waals surface area contributed by atoms with Gasteiger partial charge in [-0.3, -0.25) is 4.98 Å². The van der Waals surface area contributed by atoms with E-state index in [-0.39, 0.29) is 0 Å². The molecule has 3 aromatic carbocycles. The summed E-state index contributed by atoms with van der Waals surface area (Å²) in [7, 11) is -1.52. The maximum atomic E-state index is 4.96. The molecule has 0 bridgehead atoms. The average molecular weight is 410 g/mol. The number of pyridine rings is 1. The predicted molar refractivity (Wildman–Crippen MR) is 131 cm³/mol. The van der Waals surface area contributed by atoms with Crippen molar-refractivity contribution >= 4 is 44.8 Å². The molecule has 0 aliphatic heterocycles. The van der Waals surface area contributed by atoms with Crippen molar-refractivity contribution < 1.29 is 0 Å². The SMILES string of the molecule is C[Si](C)(C)c1cnc(-c2cccc3c2sc2ccccc23)cc1-c1ccccc1. The Labute approximate surface area is 176 Å². The van der Waals surface area contributed by atoms with E-state index >= 15 is 0 Å². The van der Waals surface area contributed by atoms with Crippen LogP contribution < -0.4 is 5.19 Å². The fourth-order valence-electron chi connectivity index (χ4n) is 4.01. The van der Waals surface area contributed by atoms with Crippen LogP contribution in [0.1, 0.15) is 0 Å². The normalized spacial score (nSPS) is 12.0. The summed E-state index contributed by atoms with van der Waals surface area (Å²) < 4.78 is 2.65. The fourth-order valence-corrected chi connectivity index (χ4v) is 6.71. The highest BCUT2D eigenvalue weighted by molar-refractivity contribution is 7.26. The van der Waals surface area contributed by atoms with Gasteiger partial charge in [-0.05, 0) is 28.4 Å². The first kappa shape index (κ1) is 18.3. The van der Waals surface area contributed by atoms with Crippen LogP contribution in [0.25, 0.3) is 42.6 Å². The van der Waals surface area contributed by atoms with Crippen molar-refractivity contribution in [1.82, 2.24) is 4.98 Å². The Kier molecular flexibility index (Phi) is 4.38. The average Bonchev–Trinajstić information content (AvgIpc) is 3.12. The third-order valence-corrected chi connectivity index (χ3v) is 8.71. The molecule has 3 heteroatoms. The molecule has 0 unspecified atom stereocenters. The monoisotopic (exact) mass is 409 g/mol. The Bertz CT molecular complexity index is 1330. The zero-order valence-electron chi connectivity index (χ0n) is 16.9. The van der Waals surface area contributed by atoms with Gasteiger partial charge in [0.2, 0.25) is 0 Å². The lowest BCUT2D eigenvalue weighted by molar-refractivity contribution is 1.34. The minimum Gasteiger partial charge on any atom is -0.256 e. The highest BCUT2D eigenvalue weighted by atomic mass is 32.1. The highest BCUT2D eigenvalue weighted by Crippen LogP contribution is 2.39. The van der Waals surface area contributed by atoms with Crippen molar-refractivity contribution in [3.05, 3.63) is 85.1 Å². The maximum Gasteiger partial charge on any atom is 0.0804 e. The second-order valence-electron chi connectivity index (χ2n) is 8.51. The van der Waals surface area contributed by atoms with E-state index in [1.807, 2.05) is 11.3 Å². The summed E-state index contributed by atoms with van der Waals surface area (Å²) in [5, 5.41) is 4.06. The smallest absolute Gasteiger partial charge is 0.0804 e. The molecule has 2 heterocycles. The first-order valence-electron chi connectivity index (χ1n) is 9.99. The summed E-state index contributed by atoms with van der Waals surface area (Å²) in [5.41, 5.74) is 4.89. The van der Waals surface area contributed by atoms with E-state index in [9.17, 15) is 0 Å². The van der Waals surface area contributed by atoms with Crippen LogP contribution in [0.3, 0.4) is 0 Å². The lowest BCUT2D eigenvalue weighted by Crippen LogP contribution is -2.39. The van der Waals surface area contributed by atoms with Gasteiger partial charge in [0.05, 0.1) is 13.8 Å². The van der Waals surface area contributed by atoms with Gasteiger partial charge in [0, 0.05) is 31.9 Å². The van der Waals surface area contributed by atoms with Crippen molar-refractivity contribution in [2.75, 3.05) is 0 Å². The second-order valence-corrected chi connectivity index (χ2v) is 14.6. The van der Waals surface area contributed by atoms with Gasteiger partial charge in [0.1, 0.15) is 0 Å². The summed E-state index contributed by atoms with van der Waals surface area (Å²) in [5.74, 6) is 0. The molecule has 0 radical (unpaired) electrons. The van der Waals surface area contributed by atoms with E-state index < -0.39 is 8.07 Å². The molecule has 0 amide bonds. The molecule has 0 atom stereocenters. The van der Waals surface area contributed by atoms with Gasteiger partial charge in [-0.15, -0.1) is 11.3 Å². The van der Waals surface area contributed by atoms with Crippen LogP contribution in [0.2, 0.25) is 19.6 Å². The van der Waals surface area contributed by atoms with Gasteiger partial charge in [0.25, 0.3) is 0 Å². The number of rotatable bonds is 3. The Balaban J connectivity index is 1.77. The summed E-state index contributed by atoms with van der Waals surface area (Å²) in [6.45, 7) is 7.18. The van der Waals surface area contributed by atoms with E-state index in [4.69, 9.17) is 4.98 Å². The number of nitrogens with zero attached hydrogens (tertiary/aromatic N) is 1. The van der Waals surface area contributed by atoms with Crippen LogP contribution in [-0.4, -0.2) is 13.1 Å². The van der Waals surface area contributed by atoms with Crippen LogP contribution in [0, 0.1) is 0 Å². The third-order valence-electron chi connectivity index (χ3n) is 5.48. The molecule has 0 saturated heterocycles. The van der Waals surface area contributed by atoms with Gasteiger partial charge < -0.3 is 0 Å². The Morgan fingerprint density at radius 2 is 1.45 bits per heavy atom. The summed E-state index contributed by atoms with van der Waals surface area (Å²) in [4.78, 5) is 4.96. The maximum absolute atomic E-state index is 4.96. The molecule has 1 nitrogen and oxygen atoms in total. The predicted octanol–water partition coefficient (Wildman–Crippen LogP) is 7.33. The summed E-state index contributed by atoms with van der Waals surface area (Å²) in [6, 6.07) is 28.3. The van der Waals surface area contributed by atoms with Crippen LogP contribution >= 0.6 is 11.3 Å². The van der Waals surface area contributed by atoms with Crippen molar-refractivity contribution in [3.8, 4) is 22.4 Å². The Hall–Kier alpha value is -2.75. The highest BCUT2D eigenvalue weighted by Gasteiger charge is 2.22. The molecule has 0 N–H and O–H groups in total. The van der Waals surface area contributed by atoms with E-state index in [1.54, 1.807) is 0 Å². The van der Waals surface area contributed by atoms with Crippen molar-refractivity contribution in [1.29, 1.82) is 0 Å². The number of benzene rings is 3. The first-order valence-corrected chi connectivity index (χ1v) is 14.3. The fraction of sp³-hybridized carbons (Fsp3) is 0.115. The third kappa shape index (κ3) is 3.20. The number of hydrogen-bond donors (Lipinski definition) is 0. The van der Waals surface area contributed by atoms with Gasteiger partial charge >= 0.3 is 0 Å². The van der Waals surface area contributed by atoms with E-state index in [0.29, 0.717) is 0 Å². The van der Waals surface area contributed by atoms with Crippen LogP contribution in [0.4, 0.5) is 0 Å². The molecule has 142 valence electrons. The lowest BCUT2D eigenvalue weighted by atomic mass is 10.0. The van der Waals surface area contributed by atoms with Crippen LogP contribution in [0.5, 0.6) is 0 Å². The Morgan fingerprint density at radius 3 is 2.24 bits per heavy atom. The molecule has 0 fully saturated rings. The van der Waals surface area contributed by atoms with Gasteiger partial charge in [-0.1, -0.05) is 86.4 Å². The quantitative estimate of drug-likeness (QED) is 0.284. The number of thiophene rings is 1. The lowest BCUT2D eigenvalue weighted by Gasteiger charge is -2.21. The van der Waals surface area contributed by atoms with Gasteiger partial charge in [-0.25, -0.2) is 0 Å². The molecule has 5 aromatic rings. The largest absolute Gasteiger partial charge is 0.256 e. The number of fused-ring (bicyclic) bond motifs is 3. The minimum atomic E-state index is -1.52. The van der Waals surface area contributed by atoms with Crippen molar-refractivity contribution in [2.45, 2.75) is 19.6 Å². The molecule has 5 rings (SSSR count). The van der Waals surface area contributed by atoms with Gasteiger partial charge in [-0.2, -0.15) is 0 Å². The molecular weight excluding hydrogens is 386 g/mol. The van der Waals surface area contributed by atoms with Gasteiger partial charge in [0.15, 0.2) is 0 Å². The van der Waals surface area contributed by atoms with Crippen molar-refractivity contribution in [3.63, 3.8) is 0 Å². The summed E-state index contributed by atoms with van der Waals surface area (Å²) in [6.07, 6.45) is 2.13. The van der Waals surface area contributed by atoms with E-state index in [2.05, 4.69) is 105 Å². The Morgan fingerprint density at radius 1 is 0.724 bits per heavy atom. The molecule has 2 aromatic heterocycles. The second kappa shape index (κ2) is 6.94. The first-order chi connectivity index (χ1) is 14.0. The zero-order chi connectivity index (χ0) is 20.0. The molecule has 0 saturated carbocycles. The molecule has 0 aliphatic carbocycles. The minimum absolute atomic E-state index is 1.06. The zero-order valence-corrected chi connectivity index (χ0v) is 18.8. The van der Waals surface area contributed by atoms with Crippen LogP contribution in [0.15, 0.2) is 85.1 Å². The molecule has 0 aliphatic rings. The summed E-state index contributed by atoms with van der Waals surface area (Å²) >= 11 is 1.86. The van der Waals surface area contributed by atoms with Crippen molar-refractivity contribution in [2.24, 2.45) is 0 Å². The number of hydrogen-bond acceptors (Lipinski definition) is 2. The van der Waals surface area contributed by atoms with E-state index in [1.165, 1.54) is 42.0 Å². The topological polar surface area (TPSA) is 12.9 Å². The van der Waals surface area contributed by atoms with Crippen LogP contribution in [-0.2, 0) is 0 Å². The molecule has 0 spiro atoms. The molecular formula is C26H23NSSi. The number of aromatic nitrogens is 1. The standard InChI is InChI=1S/C26H23NSSi/c1-29(2,3)25-17-27-23(16-22(25)18-10-5-4-6-11-18)21-14-9-13-20-19-12-7-8-15-24(19)28-26(20)21/h4-17H,1-3H3. The van der Waals surface area contributed by atoms with E-state index in [0.717, 1.165) is 5.69 Å². The molecule has 29 heavy (non-hydrogen) atoms.